The first-order chi connectivity index (χ1) is 17.1. The Kier molecular flexibility index (Phi) is 7.95. The second-order valence-electron chi connectivity index (χ2n) is 10.5. The number of fused-ring (bicyclic) bond motifs is 1. The van der Waals surface area contributed by atoms with Crippen molar-refractivity contribution in [3.8, 4) is 0 Å². The Morgan fingerprint density at radius 2 is 1.86 bits per heavy atom. The molecule has 1 N–H and O–H groups in total. The zero-order chi connectivity index (χ0) is 26.0. The molecule has 1 heterocycles. The predicted octanol–water partition coefficient (Wildman–Crippen LogP) is 4.54. The first-order valence-corrected chi connectivity index (χ1v) is 14.3. The Labute approximate surface area is 215 Å². The van der Waals surface area contributed by atoms with Gasteiger partial charge < -0.3 is 14.7 Å². The molecule has 0 bridgehead atoms. The largest absolute Gasteiger partial charge is 0.469 e. The molecule has 7 nitrogen and oxygen atoms in total. The van der Waals surface area contributed by atoms with Crippen LogP contribution in [0.15, 0.2) is 47.4 Å². The maximum Gasteiger partial charge on any atom is 0.308 e. The number of nitrogens with zero attached hydrogens (tertiary/aromatic N) is 2. The van der Waals surface area contributed by atoms with Gasteiger partial charge in [0.15, 0.2) is 0 Å². The fourth-order valence-electron chi connectivity index (χ4n) is 5.25. The standard InChI is InChI=1S/C28H38N2O5S/c1-5-20-6-8-23(9-7-20)30(17-19(2)3)36(33,34)24-10-11-26-25(16-24)27(31)12-13-29(26)18-21-14-22(15-21)28(32)35-4/h6-11,16,19,21-22,27,31H,5,12-15,17-18H2,1-4H3. The number of aryl methyl sites for hydroxylation is 1. The second kappa shape index (κ2) is 10.8. The lowest BCUT2D eigenvalue weighted by Gasteiger charge is -2.41. The number of methoxy groups -OCH3 is 1. The van der Waals surface area contributed by atoms with Crippen molar-refractivity contribution in [1.82, 2.24) is 0 Å². The lowest BCUT2D eigenvalue weighted by Crippen LogP contribution is -2.42. The summed E-state index contributed by atoms with van der Waals surface area (Å²) in [6, 6.07) is 12.8. The van der Waals surface area contributed by atoms with E-state index >= 15 is 0 Å². The summed E-state index contributed by atoms with van der Waals surface area (Å²) in [6.07, 6.45) is 2.32. The highest BCUT2D eigenvalue weighted by Gasteiger charge is 2.37. The molecule has 0 aromatic heterocycles. The van der Waals surface area contributed by atoms with E-state index in [9.17, 15) is 18.3 Å². The molecular weight excluding hydrogens is 476 g/mol. The van der Waals surface area contributed by atoms with E-state index in [4.69, 9.17) is 4.74 Å². The molecule has 0 spiro atoms. The number of sulfonamides is 1. The lowest BCUT2D eigenvalue weighted by atomic mass is 9.74. The van der Waals surface area contributed by atoms with Crippen molar-refractivity contribution >= 4 is 27.4 Å². The van der Waals surface area contributed by atoms with Gasteiger partial charge in [-0.15, -0.1) is 0 Å². The topological polar surface area (TPSA) is 87.2 Å². The number of aliphatic hydroxyl groups excluding tert-OH is 1. The van der Waals surface area contributed by atoms with Crippen molar-refractivity contribution in [2.75, 3.05) is 35.9 Å². The van der Waals surface area contributed by atoms with Crippen LogP contribution in [0.25, 0.3) is 0 Å². The van der Waals surface area contributed by atoms with Gasteiger partial charge in [0.25, 0.3) is 10.0 Å². The molecule has 2 aliphatic rings. The van der Waals surface area contributed by atoms with E-state index in [1.165, 1.54) is 11.4 Å². The average Bonchev–Trinajstić information content (AvgIpc) is 2.85. The number of aliphatic hydroxyl groups is 1. The summed E-state index contributed by atoms with van der Waals surface area (Å²) in [7, 11) is -2.40. The fraction of sp³-hybridized carbons (Fsp3) is 0.536. The van der Waals surface area contributed by atoms with Crippen LogP contribution >= 0.6 is 0 Å². The summed E-state index contributed by atoms with van der Waals surface area (Å²) in [5.74, 6) is 0.348. The number of hydrogen-bond donors (Lipinski definition) is 1. The molecule has 0 radical (unpaired) electrons. The Hall–Kier alpha value is -2.58. The maximum atomic E-state index is 13.8. The first-order valence-electron chi connectivity index (χ1n) is 12.9. The normalized spacial score (nSPS) is 21.6. The number of carbonyl (C=O) groups is 1. The third-order valence-electron chi connectivity index (χ3n) is 7.37. The minimum atomic E-state index is -3.83. The minimum Gasteiger partial charge on any atom is -0.469 e. The van der Waals surface area contributed by atoms with E-state index < -0.39 is 16.1 Å². The number of benzene rings is 2. The molecule has 1 saturated carbocycles. The molecule has 0 amide bonds. The molecule has 1 aliphatic heterocycles. The summed E-state index contributed by atoms with van der Waals surface area (Å²) in [4.78, 5) is 14.1. The second-order valence-corrected chi connectivity index (χ2v) is 12.3. The fourth-order valence-corrected chi connectivity index (χ4v) is 6.91. The molecule has 4 rings (SSSR count). The van der Waals surface area contributed by atoms with Gasteiger partial charge in [-0.1, -0.05) is 32.9 Å². The quantitative estimate of drug-likeness (QED) is 0.495. The van der Waals surface area contributed by atoms with Crippen LogP contribution in [-0.2, 0) is 26.0 Å². The van der Waals surface area contributed by atoms with E-state index in [-0.39, 0.29) is 22.7 Å². The Bertz CT molecular complexity index is 1170. The van der Waals surface area contributed by atoms with Crippen molar-refractivity contribution in [3.63, 3.8) is 0 Å². The van der Waals surface area contributed by atoms with Gasteiger partial charge in [-0.05, 0) is 73.4 Å². The van der Waals surface area contributed by atoms with Crippen molar-refractivity contribution in [1.29, 1.82) is 0 Å². The van der Waals surface area contributed by atoms with Crippen LogP contribution in [0, 0.1) is 17.8 Å². The van der Waals surface area contributed by atoms with E-state index in [1.807, 2.05) is 44.2 Å². The highest BCUT2D eigenvalue weighted by Crippen LogP contribution is 2.40. The molecule has 36 heavy (non-hydrogen) atoms. The average molecular weight is 515 g/mol. The van der Waals surface area contributed by atoms with Gasteiger partial charge in [0.2, 0.25) is 0 Å². The molecule has 1 atom stereocenters. The molecule has 0 saturated heterocycles. The molecule has 1 aliphatic carbocycles. The van der Waals surface area contributed by atoms with E-state index in [0.29, 0.717) is 36.7 Å². The molecule has 196 valence electrons. The first kappa shape index (κ1) is 26.5. The zero-order valence-corrected chi connectivity index (χ0v) is 22.5. The van der Waals surface area contributed by atoms with Gasteiger partial charge in [-0.3, -0.25) is 9.10 Å². The van der Waals surface area contributed by atoms with Gasteiger partial charge in [0.05, 0.1) is 29.7 Å². The van der Waals surface area contributed by atoms with Crippen LogP contribution in [0.1, 0.15) is 57.3 Å². The summed E-state index contributed by atoms with van der Waals surface area (Å²) in [5, 5.41) is 10.8. The highest BCUT2D eigenvalue weighted by molar-refractivity contribution is 7.92. The monoisotopic (exact) mass is 514 g/mol. The number of ether oxygens (including phenoxy) is 1. The maximum absolute atomic E-state index is 13.8. The highest BCUT2D eigenvalue weighted by atomic mass is 32.2. The Balaban J connectivity index is 1.59. The summed E-state index contributed by atoms with van der Waals surface area (Å²) >= 11 is 0. The molecule has 8 heteroatoms. The predicted molar refractivity (Wildman–Crippen MR) is 142 cm³/mol. The third kappa shape index (κ3) is 5.39. The number of hydrogen-bond acceptors (Lipinski definition) is 6. The van der Waals surface area contributed by atoms with Gasteiger partial charge in [-0.25, -0.2) is 8.42 Å². The third-order valence-corrected chi connectivity index (χ3v) is 9.16. The van der Waals surface area contributed by atoms with Gasteiger partial charge in [0.1, 0.15) is 0 Å². The molecular formula is C28H38N2O5S. The van der Waals surface area contributed by atoms with Gasteiger partial charge in [0, 0.05) is 30.9 Å². The van der Waals surface area contributed by atoms with Crippen LogP contribution in [0.5, 0.6) is 0 Å². The smallest absolute Gasteiger partial charge is 0.308 e. The molecule has 2 aromatic carbocycles. The lowest BCUT2D eigenvalue weighted by molar-refractivity contribution is -0.150. The van der Waals surface area contributed by atoms with E-state index in [2.05, 4.69) is 11.8 Å². The summed E-state index contributed by atoms with van der Waals surface area (Å²) in [5.41, 5.74) is 3.32. The van der Waals surface area contributed by atoms with E-state index in [1.54, 1.807) is 12.1 Å². The minimum absolute atomic E-state index is 0.0271. The van der Waals surface area contributed by atoms with Crippen molar-refractivity contribution < 1.29 is 23.1 Å². The molecule has 2 aromatic rings. The SMILES string of the molecule is CCc1ccc(N(CC(C)C)S(=O)(=O)c2ccc3c(c2)C(O)CCN3CC2CC(C(=O)OC)C2)cc1. The van der Waals surface area contributed by atoms with Crippen LogP contribution in [-0.4, -0.2) is 46.2 Å². The zero-order valence-electron chi connectivity index (χ0n) is 21.7. The number of anilines is 2. The molecule has 1 unspecified atom stereocenters. The number of carbonyl (C=O) groups excluding carboxylic acids is 1. The van der Waals surface area contributed by atoms with Crippen LogP contribution in [0.4, 0.5) is 11.4 Å². The van der Waals surface area contributed by atoms with Gasteiger partial charge >= 0.3 is 5.97 Å². The number of esters is 1. The summed E-state index contributed by atoms with van der Waals surface area (Å²) in [6.45, 7) is 7.92. The Morgan fingerprint density at radius 3 is 2.47 bits per heavy atom. The van der Waals surface area contributed by atoms with Crippen LogP contribution in [0.2, 0.25) is 0 Å². The van der Waals surface area contributed by atoms with Crippen LogP contribution < -0.4 is 9.21 Å². The Morgan fingerprint density at radius 1 is 1.17 bits per heavy atom. The van der Waals surface area contributed by atoms with Crippen molar-refractivity contribution in [2.45, 2.75) is 57.5 Å². The van der Waals surface area contributed by atoms with Crippen molar-refractivity contribution in [3.05, 3.63) is 53.6 Å². The van der Waals surface area contributed by atoms with Crippen LogP contribution in [0.3, 0.4) is 0 Å². The molecule has 1 fully saturated rings. The van der Waals surface area contributed by atoms with Crippen molar-refractivity contribution in [2.24, 2.45) is 17.8 Å². The summed E-state index contributed by atoms with van der Waals surface area (Å²) < 4.78 is 34.0. The number of rotatable bonds is 9. The van der Waals surface area contributed by atoms with Gasteiger partial charge in [-0.2, -0.15) is 0 Å². The van der Waals surface area contributed by atoms with E-state index in [0.717, 1.165) is 37.1 Å².